The smallest absolute Gasteiger partial charge is 0.261 e. The van der Waals surface area contributed by atoms with E-state index in [2.05, 4.69) is 27.6 Å². The van der Waals surface area contributed by atoms with Crippen molar-refractivity contribution in [3.63, 3.8) is 0 Å². The van der Waals surface area contributed by atoms with E-state index in [1.54, 1.807) is 24.5 Å². The summed E-state index contributed by atoms with van der Waals surface area (Å²) in [5.74, 6) is -0.148. The molecule has 3 aromatic rings. The van der Waals surface area contributed by atoms with Gasteiger partial charge >= 0.3 is 0 Å². The van der Waals surface area contributed by atoms with E-state index in [4.69, 9.17) is 16.4 Å². The first-order valence-corrected chi connectivity index (χ1v) is 9.65. The second-order valence-electron chi connectivity index (χ2n) is 6.10. The monoisotopic (exact) mass is 397 g/mol. The number of aromatic nitrogens is 1. The number of oxime groups is 1. The molecule has 0 saturated heterocycles. The first-order valence-electron chi connectivity index (χ1n) is 8.46. The van der Waals surface area contributed by atoms with E-state index in [9.17, 15) is 4.79 Å². The average Bonchev–Trinajstić information content (AvgIpc) is 3.36. The number of nitrogens with zero attached hydrogens (tertiary/aromatic N) is 2. The van der Waals surface area contributed by atoms with Gasteiger partial charge in [-0.15, -0.1) is 11.3 Å². The molecule has 0 aliphatic carbocycles. The zero-order valence-electron chi connectivity index (χ0n) is 14.3. The van der Waals surface area contributed by atoms with E-state index < -0.39 is 0 Å². The fourth-order valence-electron chi connectivity index (χ4n) is 2.84. The molecular weight excluding hydrogens is 382 g/mol. The summed E-state index contributed by atoms with van der Waals surface area (Å²) >= 11 is 7.12. The number of carbonyl (C=O) groups excluding carboxylic acids is 1. The third-order valence-corrected chi connectivity index (χ3v) is 5.48. The van der Waals surface area contributed by atoms with E-state index in [-0.39, 0.29) is 12.0 Å². The molecule has 5 nitrogen and oxygen atoms in total. The minimum Gasteiger partial charge on any atom is -0.390 e. The van der Waals surface area contributed by atoms with Crippen LogP contribution in [0.3, 0.4) is 0 Å². The summed E-state index contributed by atoms with van der Waals surface area (Å²) in [7, 11) is 0. The van der Waals surface area contributed by atoms with Crippen molar-refractivity contribution >= 4 is 34.6 Å². The summed E-state index contributed by atoms with van der Waals surface area (Å²) in [5, 5.41) is 7.05. The van der Waals surface area contributed by atoms with Gasteiger partial charge in [-0.3, -0.25) is 9.78 Å². The lowest BCUT2D eigenvalue weighted by atomic mass is 10.0. The zero-order valence-corrected chi connectivity index (χ0v) is 15.8. The molecule has 3 heterocycles. The van der Waals surface area contributed by atoms with E-state index in [0.717, 1.165) is 22.4 Å². The van der Waals surface area contributed by atoms with Crippen LogP contribution in [0.5, 0.6) is 0 Å². The lowest BCUT2D eigenvalue weighted by Gasteiger charge is -2.09. The van der Waals surface area contributed by atoms with Crippen molar-refractivity contribution in [2.75, 3.05) is 6.54 Å². The average molecular weight is 398 g/mol. The number of amides is 1. The molecule has 0 bridgehead atoms. The van der Waals surface area contributed by atoms with Crippen LogP contribution in [-0.2, 0) is 4.84 Å². The van der Waals surface area contributed by atoms with Crippen LogP contribution in [0.2, 0.25) is 4.34 Å². The third-order valence-electron chi connectivity index (χ3n) is 4.25. The Bertz CT molecular complexity index is 970. The van der Waals surface area contributed by atoms with Crippen molar-refractivity contribution in [3.8, 4) is 11.1 Å². The van der Waals surface area contributed by atoms with Crippen molar-refractivity contribution in [1.29, 1.82) is 0 Å². The van der Waals surface area contributed by atoms with Crippen molar-refractivity contribution in [1.82, 2.24) is 10.3 Å². The maximum Gasteiger partial charge on any atom is 0.261 e. The maximum atomic E-state index is 12.1. The summed E-state index contributed by atoms with van der Waals surface area (Å²) in [5.41, 5.74) is 4.15. The highest BCUT2D eigenvalue weighted by Gasteiger charge is 2.23. The van der Waals surface area contributed by atoms with Gasteiger partial charge in [-0.25, -0.2) is 0 Å². The number of carbonyl (C=O) groups is 1. The standard InChI is InChI=1S/C20H16ClN3O2S/c21-19-6-5-18(27-19)20(25)23-12-16-11-17(24-26-16)15-3-1-13(2-4-15)14-7-9-22-10-8-14/h1-10,16H,11-12H2,(H,23,25). The van der Waals surface area contributed by atoms with Gasteiger partial charge in [0, 0.05) is 18.8 Å². The second-order valence-corrected chi connectivity index (χ2v) is 7.81. The normalized spacial score (nSPS) is 15.9. The van der Waals surface area contributed by atoms with Crippen molar-refractivity contribution in [3.05, 3.63) is 75.7 Å². The minimum atomic E-state index is -0.167. The summed E-state index contributed by atoms with van der Waals surface area (Å²) in [6, 6.07) is 15.6. The predicted octanol–water partition coefficient (Wildman–Crippen LogP) is 4.39. The Morgan fingerprint density at radius 2 is 1.78 bits per heavy atom. The van der Waals surface area contributed by atoms with Gasteiger partial charge in [0.05, 0.1) is 21.5 Å². The third kappa shape index (κ3) is 4.18. The molecule has 1 aliphatic rings. The Hall–Kier alpha value is -2.70. The Labute approximate surface area is 165 Å². The van der Waals surface area contributed by atoms with Crippen LogP contribution in [0, 0.1) is 0 Å². The molecule has 27 heavy (non-hydrogen) atoms. The van der Waals surface area contributed by atoms with Crippen LogP contribution in [0.25, 0.3) is 11.1 Å². The molecule has 1 N–H and O–H groups in total. The lowest BCUT2D eigenvalue weighted by Crippen LogP contribution is -2.31. The topological polar surface area (TPSA) is 63.6 Å². The van der Waals surface area contributed by atoms with Gasteiger partial charge in [-0.1, -0.05) is 41.0 Å². The quantitative estimate of drug-likeness (QED) is 0.694. The molecular formula is C20H16ClN3O2S. The largest absolute Gasteiger partial charge is 0.390 e. The number of hydrogen-bond donors (Lipinski definition) is 1. The summed E-state index contributed by atoms with van der Waals surface area (Å²) < 4.78 is 0.595. The number of hydrogen-bond acceptors (Lipinski definition) is 5. The lowest BCUT2D eigenvalue weighted by molar-refractivity contribution is 0.0755. The number of nitrogens with one attached hydrogen (secondary N) is 1. The first kappa shape index (κ1) is 17.7. The van der Waals surface area contributed by atoms with Crippen molar-refractivity contribution in [2.45, 2.75) is 12.5 Å². The highest BCUT2D eigenvalue weighted by atomic mass is 35.5. The second kappa shape index (κ2) is 7.90. The molecule has 1 amide bonds. The van der Waals surface area contributed by atoms with Crippen LogP contribution in [-0.4, -0.2) is 29.3 Å². The summed E-state index contributed by atoms with van der Waals surface area (Å²) in [4.78, 5) is 22.2. The molecule has 7 heteroatoms. The van der Waals surface area contributed by atoms with Gasteiger partial charge < -0.3 is 10.2 Å². The Balaban J connectivity index is 1.33. The van der Waals surface area contributed by atoms with Crippen LogP contribution in [0.1, 0.15) is 21.7 Å². The molecule has 0 radical (unpaired) electrons. The molecule has 1 unspecified atom stereocenters. The van der Waals surface area contributed by atoms with Gasteiger partial charge in [0.25, 0.3) is 5.91 Å². The molecule has 1 atom stereocenters. The van der Waals surface area contributed by atoms with Crippen LogP contribution >= 0.6 is 22.9 Å². The summed E-state index contributed by atoms with van der Waals surface area (Å²) in [6.07, 6.45) is 4.04. The number of thiophene rings is 1. The fraction of sp³-hybridized carbons (Fsp3) is 0.150. The molecule has 0 fully saturated rings. The highest BCUT2D eigenvalue weighted by Crippen LogP contribution is 2.23. The molecule has 4 rings (SSSR count). The van der Waals surface area contributed by atoms with Crippen LogP contribution < -0.4 is 5.32 Å². The van der Waals surface area contributed by atoms with Gasteiger partial charge in [0.1, 0.15) is 6.10 Å². The molecule has 0 spiro atoms. The van der Waals surface area contributed by atoms with E-state index >= 15 is 0 Å². The molecule has 1 aromatic carbocycles. The number of pyridine rings is 1. The van der Waals surface area contributed by atoms with Gasteiger partial charge in [-0.05, 0) is 41.0 Å². The number of benzene rings is 1. The molecule has 0 saturated carbocycles. The van der Waals surface area contributed by atoms with Gasteiger partial charge in [-0.2, -0.15) is 0 Å². The fourth-order valence-corrected chi connectivity index (χ4v) is 3.80. The Morgan fingerprint density at radius 1 is 1.07 bits per heavy atom. The predicted molar refractivity (Wildman–Crippen MR) is 107 cm³/mol. The summed E-state index contributed by atoms with van der Waals surface area (Å²) in [6.45, 7) is 0.399. The van der Waals surface area contributed by atoms with E-state index in [1.165, 1.54) is 11.3 Å². The van der Waals surface area contributed by atoms with E-state index in [0.29, 0.717) is 22.2 Å². The number of rotatable bonds is 5. The van der Waals surface area contributed by atoms with Gasteiger partial charge in [0.15, 0.2) is 0 Å². The maximum absolute atomic E-state index is 12.1. The Kier molecular flexibility index (Phi) is 5.18. The molecule has 136 valence electrons. The van der Waals surface area contributed by atoms with Crippen molar-refractivity contribution in [2.24, 2.45) is 5.16 Å². The Morgan fingerprint density at radius 3 is 2.48 bits per heavy atom. The zero-order chi connectivity index (χ0) is 18.6. The van der Waals surface area contributed by atoms with E-state index in [1.807, 2.05) is 24.3 Å². The minimum absolute atomic E-state index is 0.148. The first-order chi connectivity index (χ1) is 13.2. The van der Waals surface area contributed by atoms with Crippen LogP contribution in [0.4, 0.5) is 0 Å². The van der Waals surface area contributed by atoms with Crippen molar-refractivity contribution < 1.29 is 9.63 Å². The van der Waals surface area contributed by atoms with Crippen LogP contribution in [0.15, 0.2) is 66.1 Å². The van der Waals surface area contributed by atoms with Gasteiger partial charge in [0.2, 0.25) is 0 Å². The number of halogens is 1. The SMILES string of the molecule is O=C(NCC1CC(c2ccc(-c3ccncc3)cc2)=NO1)c1ccc(Cl)s1. The highest BCUT2D eigenvalue weighted by molar-refractivity contribution is 7.17. The molecule has 1 aliphatic heterocycles. The molecule has 2 aromatic heterocycles.